The number of methoxy groups -OCH3 is 4. The largest absolute Gasteiger partial charge is 0.493 e. The lowest BCUT2D eigenvalue weighted by molar-refractivity contribution is -0.140. The molecule has 4 fully saturated rings. The summed E-state index contributed by atoms with van der Waals surface area (Å²) in [4.78, 5) is 27.3. The topological polar surface area (TPSA) is 83.5 Å². The number of rotatable bonds is 6. The molecule has 0 spiro atoms. The number of nitrogens with zero attached hydrogens (tertiary/aromatic N) is 1. The second-order valence-corrected chi connectivity index (χ2v) is 10.1. The molecule has 0 radical (unpaired) electrons. The zero-order chi connectivity index (χ0) is 24.0. The maximum Gasteiger partial charge on any atom is 0.355 e. The van der Waals surface area contributed by atoms with Crippen LogP contribution < -0.4 is 14.4 Å². The number of hydrogen-bond donors (Lipinski definition) is 0. The molecule has 0 unspecified atom stereocenters. The molecule has 8 heteroatoms. The second kappa shape index (κ2) is 8.80. The monoisotopic (exact) mass is 471 g/mol. The van der Waals surface area contributed by atoms with Gasteiger partial charge in [0, 0.05) is 6.07 Å². The Morgan fingerprint density at radius 3 is 1.97 bits per heavy atom. The molecular weight excluding hydrogens is 438 g/mol. The van der Waals surface area contributed by atoms with Gasteiger partial charge in [-0.1, -0.05) is 0 Å². The van der Waals surface area contributed by atoms with Crippen LogP contribution in [0.1, 0.15) is 44.1 Å². The average Bonchev–Trinajstić information content (AvgIpc) is 2.85. The maximum absolute atomic E-state index is 13.0. The molecule has 1 aromatic rings. The highest BCUT2D eigenvalue weighted by Crippen LogP contribution is 2.62. The first kappa shape index (κ1) is 23.0. The Balaban J connectivity index is 1.71. The van der Waals surface area contributed by atoms with Crippen molar-refractivity contribution in [2.45, 2.75) is 43.9 Å². The van der Waals surface area contributed by atoms with Crippen molar-refractivity contribution in [3.8, 4) is 11.5 Å². The molecule has 0 atom stereocenters. The van der Waals surface area contributed by atoms with Crippen molar-refractivity contribution in [1.29, 1.82) is 0 Å². The van der Waals surface area contributed by atoms with Crippen LogP contribution in [0.3, 0.4) is 0 Å². The minimum atomic E-state index is -0.609. The van der Waals surface area contributed by atoms with E-state index in [0.717, 1.165) is 48.3 Å². The third kappa shape index (κ3) is 3.63. The first-order valence-electron chi connectivity index (χ1n) is 11.9. The molecule has 5 aliphatic rings. The van der Waals surface area contributed by atoms with E-state index in [2.05, 4.69) is 6.07 Å². The van der Waals surface area contributed by atoms with Crippen molar-refractivity contribution in [1.82, 2.24) is 0 Å². The standard InChI is InChI=1S/C26H33NO7/c1-30-21-8-19(26-10-15-5-16(11-26)7-17(6-15)12-26)20(9-22(21)31-2)27-14-34-13-18(24(28)32-3)23(27)25(29)33-4/h8-9,15-17H,5-7,10-14H2,1-4H3. The van der Waals surface area contributed by atoms with E-state index in [1.54, 1.807) is 19.1 Å². The molecule has 4 saturated carbocycles. The number of ether oxygens (including phenoxy) is 5. The number of anilines is 1. The van der Waals surface area contributed by atoms with Crippen molar-refractivity contribution in [2.24, 2.45) is 17.8 Å². The number of esters is 2. The van der Waals surface area contributed by atoms with E-state index in [1.165, 1.54) is 33.5 Å². The summed E-state index contributed by atoms with van der Waals surface area (Å²) >= 11 is 0. The van der Waals surface area contributed by atoms with E-state index < -0.39 is 11.9 Å². The molecule has 184 valence electrons. The Bertz CT molecular complexity index is 995. The third-order valence-corrected chi connectivity index (χ3v) is 8.24. The fourth-order valence-corrected chi connectivity index (χ4v) is 7.29. The molecule has 0 amide bonds. The van der Waals surface area contributed by atoms with Crippen LogP contribution in [-0.4, -0.2) is 53.7 Å². The van der Waals surface area contributed by atoms with Crippen molar-refractivity contribution >= 4 is 17.6 Å². The molecule has 4 bridgehead atoms. The zero-order valence-corrected chi connectivity index (χ0v) is 20.3. The number of hydrogen-bond acceptors (Lipinski definition) is 8. The molecule has 1 aromatic carbocycles. The highest BCUT2D eigenvalue weighted by atomic mass is 16.5. The van der Waals surface area contributed by atoms with Gasteiger partial charge in [0.25, 0.3) is 0 Å². The Morgan fingerprint density at radius 1 is 0.882 bits per heavy atom. The van der Waals surface area contributed by atoms with Crippen molar-refractivity contribution < 1.29 is 33.3 Å². The SMILES string of the molecule is COC(=O)C1=C(C(=O)OC)N(c2cc(OC)c(OC)cc2C23CC4CC(CC(C4)C2)C3)COC1. The first-order valence-corrected chi connectivity index (χ1v) is 11.9. The Kier molecular flexibility index (Phi) is 5.96. The Hall–Kier alpha value is -2.74. The quantitative estimate of drug-likeness (QED) is 0.583. The minimum absolute atomic E-state index is 0.00621. The van der Waals surface area contributed by atoms with E-state index in [9.17, 15) is 9.59 Å². The van der Waals surface area contributed by atoms with Gasteiger partial charge in [0.15, 0.2) is 11.5 Å². The third-order valence-electron chi connectivity index (χ3n) is 8.24. The first-order chi connectivity index (χ1) is 16.4. The molecule has 0 N–H and O–H groups in total. The summed E-state index contributed by atoms with van der Waals surface area (Å²) in [6, 6.07) is 3.97. The van der Waals surface area contributed by atoms with Crippen LogP contribution in [0.5, 0.6) is 11.5 Å². The molecule has 8 nitrogen and oxygen atoms in total. The summed E-state index contributed by atoms with van der Waals surface area (Å²) in [5.41, 5.74) is 2.21. The van der Waals surface area contributed by atoms with E-state index in [1.807, 2.05) is 6.07 Å². The smallest absolute Gasteiger partial charge is 0.355 e. The highest BCUT2D eigenvalue weighted by Gasteiger charge is 2.53. The molecule has 6 rings (SSSR count). The van der Waals surface area contributed by atoms with Gasteiger partial charge in [-0.3, -0.25) is 0 Å². The lowest BCUT2D eigenvalue weighted by Crippen LogP contribution is -2.49. The highest BCUT2D eigenvalue weighted by molar-refractivity contribution is 6.03. The van der Waals surface area contributed by atoms with Gasteiger partial charge < -0.3 is 28.6 Å². The maximum atomic E-state index is 13.0. The van der Waals surface area contributed by atoms with Gasteiger partial charge in [-0.05, 0) is 73.3 Å². The molecule has 1 aliphatic heterocycles. The Labute approximate surface area is 200 Å². The van der Waals surface area contributed by atoms with E-state index in [4.69, 9.17) is 23.7 Å². The predicted molar refractivity (Wildman–Crippen MR) is 124 cm³/mol. The van der Waals surface area contributed by atoms with Gasteiger partial charge >= 0.3 is 11.9 Å². The van der Waals surface area contributed by atoms with Crippen molar-refractivity contribution in [2.75, 3.05) is 46.7 Å². The molecular formula is C26H33NO7. The molecule has 1 heterocycles. The van der Waals surface area contributed by atoms with Crippen LogP contribution in [0, 0.1) is 17.8 Å². The van der Waals surface area contributed by atoms with Crippen LogP contribution in [0.4, 0.5) is 5.69 Å². The molecule has 4 aliphatic carbocycles. The zero-order valence-electron chi connectivity index (χ0n) is 20.3. The summed E-state index contributed by atoms with van der Waals surface area (Å²) in [7, 11) is 5.84. The van der Waals surface area contributed by atoms with E-state index >= 15 is 0 Å². The lowest BCUT2D eigenvalue weighted by atomic mass is 9.48. The fraction of sp³-hybridized carbons (Fsp3) is 0.615. The van der Waals surface area contributed by atoms with Gasteiger partial charge in [-0.25, -0.2) is 9.59 Å². The van der Waals surface area contributed by atoms with Crippen molar-refractivity contribution in [3.63, 3.8) is 0 Å². The van der Waals surface area contributed by atoms with Gasteiger partial charge in [0.1, 0.15) is 12.4 Å². The summed E-state index contributed by atoms with van der Waals surface area (Å²) in [6.45, 7) is 0.0906. The number of carbonyl (C=O) groups is 2. The average molecular weight is 472 g/mol. The predicted octanol–water partition coefficient (Wildman–Crippen LogP) is 3.57. The Morgan fingerprint density at radius 2 is 1.44 bits per heavy atom. The molecule has 34 heavy (non-hydrogen) atoms. The minimum Gasteiger partial charge on any atom is -0.493 e. The normalized spacial score (nSPS) is 29.8. The summed E-state index contributed by atoms with van der Waals surface area (Å²) in [6.07, 6.45) is 7.31. The second-order valence-electron chi connectivity index (χ2n) is 10.1. The van der Waals surface area contributed by atoms with Crippen LogP contribution >= 0.6 is 0 Å². The van der Waals surface area contributed by atoms with Gasteiger partial charge in [-0.15, -0.1) is 0 Å². The van der Waals surface area contributed by atoms with Crippen LogP contribution in [0.2, 0.25) is 0 Å². The van der Waals surface area contributed by atoms with Gasteiger partial charge in [0.2, 0.25) is 0 Å². The van der Waals surface area contributed by atoms with Gasteiger partial charge in [0.05, 0.1) is 46.3 Å². The van der Waals surface area contributed by atoms with E-state index in [0.29, 0.717) is 11.5 Å². The summed E-state index contributed by atoms with van der Waals surface area (Å²) in [5.74, 6) is 2.19. The van der Waals surface area contributed by atoms with Crippen LogP contribution in [0.15, 0.2) is 23.4 Å². The summed E-state index contributed by atoms with van der Waals surface area (Å²) in [5, 5.41) is 0. The lowest BCUT2D eigenvalue weighted by Gasteiger charge is -2.57. The van der Waals surface area contributed by atoms with Gasteiger partial charge in [-0.2, -0.15) is 0 Å². The molecule has 0 aromatic heterocycles. The number of carbonyl (C=O) groups excluding carboxylic acids is 2. The molecule has 0 saturated heterocycles. The van der Waals surface area contributed by atoms with Crippen LogP contribution in [0.25, 0.3) is 0 Å². The fourth-order valence-electron chi connectivity index (χ4n) is 7.29. The summed E-state index contributed by atoms with van der Waals surface area (Å²) < 4.78 is 27.2. The van der Waals surface area contributed by atoms with E-state index in [-0.39, 0.29) is 30.0 Å². The number of benzene rings is 1. The van der Waals surface area contributed by atoms with Crippen LogP contribution in [-0.2, 0) is 29.2 Å². The van der Waals surface area contributed by atoms with Crippen molar-refractivity contribution in [3.05, 3.63) is 29.0 Å².